The van der Waals surface area contributed by atoms with Crippen molar-refractivity contribution in [2.45, 2.75) is 45.1 Å². The number of carbonyl (C=O) groups excluding carboxylic acids is 1. The highest BCUT2D eigenvalue weighted by molar-refractivity contribution is 6.04. The molecular formula is C15H21NO. The van der Waals surface area contributed by atoms with Crippen molar-refractivity contribution in [3.8, 4) is 0 Å². The van der Waals surface area contributed by atoms with Gasteiger partial charge in [-0.05, 0) is 38.3 Å². The van der Waals surface area contributed by atoms with Crippen molar-refractivity contribution in [2.24, 2.45) is 0 Å². The predicted octanol–water partition coefficient (Wildman–Crippen LogP) is 3.10. The lowest BCUT2D eigenvalue weighted by Gasteiger charge is -2.28. The molecule has 1 atom stereocenters. The molecule has 2 nitrogen and oxygen atoms in total. The minimum atomic E-state index is -0.291. The summed E-state index contributed by atoms with van der Waals surface area (Å²) in [5.41, 5.74) is 1.68. The van der Waals surface area contributed by atoms with Crippen LogP contribution in [0.1, 0.15) is 48.5 Å². The van der Waals surface area contributed by atoms with Crippen molar-refractivity contribution in [1.82, 2.24) is 5.32 Å². The van der Waals surface area contributed by atoms with Gasteiger partial charge in [0.1, 0.15) is 0 Å². The maximum atomic E-state index is 12.7. The molecule has 1 aliphatic heterocycles. The van der Waals surface area contributed by atoms with Crippen LogP contribution in [0.4, 0.5) is 0 Å². The van der Waals surface area contributed by atoms with Gasteiger partial charge in [-0.1, -0.05) is 37.6 Å². The van der Waals surface area contributed by atoms with Crippen molar-refractivity contribution in [3.05, 3.63) is 35.4 Å². The van der Waals surface area contributed by atoms with E-state index in [4.69, 9.17) is 0 Å². The summed E-state index contributed by atoms with van der Waals surface area (Å²) in [4.78, 5) is 12.7. The fourth-order valence-corrected chi connectivity index (χ4v) is 2.84. The Labute approximate surface area is 103 Å². The highest BCUT2D eigenvalue weighted by Gasteiger charge is 2.40. The van der Waals surface area contributed by atoms with Crippen LogP contribution in [0.5, 0.6) is 0 Å². The van der Waals surface area contributed by atoms with Gasteiger partial charge in [0.2, 0.25) is 0 Å². The van der Waals surface area contributed by atoms with Gasteiger partial charge in [-0.15, -0.1) is 0 Å². The molecule has 1 aromatic carbocycles. The number of rotatable bonds is 4. The minimum absolute atomic E-state index is 0.287. The van der Waals surface area contributed by atoms with E-state index < -0.39 is 0 Å². The van der Waals surface area contributed by atoms with Crippen molar-refractivity contribution in [3.63, 3.8) is 0 Å². The number of carbonyl (C=O) groups is 1. The molecule has 1 N–H and O–H groups in total. The monoisotopic (exact) mass is 231 g/mol. The van der Waals surface area contributed by atoms with E-state index in [0.29, 0.717) is 0 Å². The van der Waals surface area contributed by atoms with E-state index in [0.717, 1.165) is 43.4 Å². The number of ketones is 1. The fourth-order valence-electron chi connectivity index (χ4n) is 2.84. The minimum Gasteiger partial charge on any atom is -0.305 e. The van der Waals surface area contributed by atoms with E-state index in [9.17, 15) is 4.79 Å². The molecule has 0 bridgehead atoms. The highest BCUT2D eigenvalue weighted by Crippen LogP contribution is 2.29. The summed E-state index contributed by atoms with van der Waals surface area (Å²) >= 11 is 0. The van der Waals surface area contributed by atoms with E-state index >= 15 is 0 Å². The topological polar surface area (TPSA) is 29.1 Å². The van der Waals surface area contributed by atoms with E-state index in [-0.39, 0.29) is 11.3 Å². The molecule has 0 spiro atoms. The van der Waals surface area contributed by atoms with E-state index in [1.54, 1.807) is 0 Å². The van der Waals surface area contributed by atoms with Crippen LogP contribution in [-0.4, -0.2) is 17.9 Å². The Bertz CT molecular complexity index is 405. The van der Waals surface area contributed by atoms with Crippen LogP contribution in [0, 0.1) is 6.92 Å². The van der Waals surface area contributed by atoms with Crippen molar-refractivity contribution < 1.29 is 4.79 Å². The summed E-state index contributed by atoms with van der Waals surface area (Å²) in [6, 6.07) is 7.91. The van der Waals surface area contributed by atoms with Crippen LogP contribution in [0.25, 0.3) is 0 Å². The molecule has 1 saturated heterocycles. The second-order valence-electron chi connectivity index (χ2n) is 5.01. The molecule has 0 radical (unpaired) electrons. The third-order valence-corrected chi connectivity index (χ3v) is 3.74. The Morgan fingerprint density at radius 1 is 1.41 bits per heavy atom. The first kappa shape index (κ1) is 12.3. The van der Waals surface area contributed by atoms with Gasteiger partial charge in [0.05, 0.1) is 5.54 Å². The van der Waals surface area contributed by atoms with Crippen molar-refractivity contribution in [1.29, 1.82) is 0 Å². The largest absolute Gasteiger partial charge is 0.305 e. The van der Waals surface area contributed by atoms with Gasteiger partial charge >= 0.3 is 0 Å². The van der Waals surface area contributed by atoms with Gasteiger partial charge in [0.15, 0.2) is 5.78 Å². The Kier molecular flexibility index (Phi) is 3.63. The summed E-state index contributed by atoms with van der Waals surface area (Å²) < 4.78 is 0. The van der Waals surface area contributed by atoms with Gasteiger partial charge < -0.3 is 5.32 Å². The third-order valence-electron chi connectivity index (χ3n) is 3.74. The number of hydrogen-bond donors (Lipinski definition) is 1. The first-order valence-electron chi connectivity index (χ1n) is 6.55. The molecule has 0 aromatic heterocycles. The molecule has 2 heteroatoms. The average Bonchev–Trinajstić information content (AvgIpc) is 2.79. The molecular weight excluding hydrogens is 210 g/mol. The number of Topliss-reactive ketones (excluding diaryl/α,β-unsaturated/α-hetero) is 1. The molecule has 0 amide bonds. The van der Waals surface area contributed by atoms with Gasteiger partial charge in [-0.25, -0.2) is 0 Å². The lowest BCUT2D eigenvalue weighted by molar-refractivity contribution is 0.0857. The van der Waals surface area contributed by atoms with E-state index in [1.807, 2.05) is 31.2 Å². The summed E-state index contributed by atoms with van der Waals surface area (Å²) in [6.45, 7) is 5.13. The van der Waals surface area contributed by atoms with Gasteiger partial charge in [-0.3, -0.25) is 4.79 Å². The van der Waals surface area contributed by atoms with Crippen LogP contribution in [0.3, 0.4) is 0 Å². The zero-order valence-corrected chi connectivity index (χ0v) is 10.8. The molecule has 2 rings (SSSR count). The zero-order valence-electron chi connectivity index (χ0n) is 10.8. The number of nitrogens with one attached hydrogen (secondary N) is 1. The number of hydrogen-bond acceptors (Lipinski definition) is 2. The van der Waals surface area contributed by atoms with Gasteiger partial charge in [0, 0.05) is 5.56 Å². The van der Waals surface area contributed by atoms with Gasteiger partial charge in [0.25, 0.3) is 0 Å². The maximum absolute atomic E-state index is 12.7. The second kappa shape index (κ2) is 5.01. The normalized spacial score (nSPS) is 23.9. The van der Waals surface area contributed by atoms with Crippen molar-refractivity contribution in [2.75, 3.05) is 6.54 Å². The summed E-state index contributed by atoms with van der Waals surface area (Å²) in [5, 5.41) is 3.45. The van der Waals surface area contributed by atoms with Crippen LogP contribution in [0.2, 0.25) is 0 Å². The molecule has 1 aliphatic rings. The van der Waals surface area contributed by atoms with Gasteiger partial charge in [-0.2, -0.15) is 0 Å². The quantitative estimate of drug-likeness (QED) is 0.807. The predicted molar refractivity (Wildman–Crippen MR) is 70.4 cm³/mol. The molecule has 1 fully saturated rings. The van der Waals surface area contributed by atoms with Crippen LogP contribution in [0.15, 0.2) is 24.3 Å². The average molecular weight is 231 g/mol. The molecule has 17 heavy (non-hydrogen) atoms. The first-order valence-corrected chi connectivity index (χ1v) is 6.55. The summed E-state index contributed by atoms with van der Waals surface area (Å²) in [6.07, 6.45) is 4.08. The lowest BCUT2D eigenvalue weighted by atomic mass is 9.83. The molecule has 1 heterocycles. The van der Waals surface area contributed by atoms with Crippen LogP contribution in [-0.2, 0) is 0 Å². The van der Waals surface area contributed by atoms with Crippen LogP contribution >= 0.6 is 0 Å². The van der Waals surface area contributed by atoms with E-state index in [2.05, 4.69) is 12.2 Å². The lowest BCUT2D eigenvalue weighted by Crippen LogP contribution is -2.47. The first-order chi connectivity index (χ1) is 8.19. The summed E-state index contributed by atoms with van der Waals surface area (Å²) in [5.74, 6) is 0.287. The summed E-state index contributed by atoms with van der Waals surface area (Å²) in [7, 11) is 0. The molecule has 1 aromatic rings. The molecule has 92 valence electrons. The Morgan fingerprint density at radius 2 is 2.18 bits per heavy atom. The maximum Gasteiger partial charge on any atom is 0.183 e. The number of aryl methyl sites for hydroxylation is 1. The zero-order chi connectivity index (χ0) is 12.3. The Hall–Kier alpha value is -1.15. The SMILES string of the molecule is CCCC1(C(=O)c2ccccc2C)CCCN1. The fraction of sp³-hybridized carbons (Fsp3) is 0.533. The Balaban J connectivity index is 2.32. The van der Waals surface area contributed by atoms with E-state index in [1.165, 1.54) is 0 Å². The third kappa shape index (κ3) is 2.27. The molecule has 0 aliphatic carbocycles. The number of benzene rings is 1. The second-order valence-corrected chi connectivity index (χ2v) is 5.01. The highest BCUT2D eigenvalue weighted by atomic mass is 16.1. The van der Waals surface area contributed by atoms with Crippen LogP contribution < -0.4 is 5.32 Å². The Morgan fingerprint density at radius 3 is 2.76 bits per heavy atom. The molecule has 1 unspecified atom stereocenters. The van der Waals surface area contributed by atoms with Crippen molar-refractivity contribution >= 4 is 5.78 Å². The smallest absolute Gasteiger partial charge is 0.183 e. The standard InChI is InChI=1S/C15H21NO/c1-3-9-15(10-6-11-16-15)14(17)13-8-5-4-7-12(13)2/h4-5,7-8,16H,3,6,9-11H2,1-2H3. The molecule has 0 saturated carbocycles.